The Bertz CT molecular complexity index is 503. The quantitative estimate of drug-likeness (QED) is 0.892. The third kappa shape index (κ3) is 2.31. The second-order valence-electron chi connectivity index (χ2n) is 4.85. The Kier molecular flexibility index (Phi) is 3.15. The summed E-state index contributed by atoms with van der Waals surface area (Å²) in [5.74, 6) is 1.23. The van der Waals surface area contributed by atoms with Gasteiger partial charge in [0.05, 0.1) is 12.8 Å². The number of hydrogen-bond donors (Lipinski definition) is 1. The molecule has 1 heterocycles. The van der Waals surface area contributed by atoms with Crippen LogP contribution in [0.3, 0.4) is 0 Å². The van der Waals surface area contributed by atoms with Crippen molar-refractivity contribution in [2.24, 2.45) is 0 Å². The smallest absolute Gasteiger partial charge is 0.126 e. The standard InChI is InChI=1S/C15H16FNO/c16-15-6-2-1-5-14(15)11-8-12(9-11)17-10-13-4-3-7-18-13/h1-7,11-12,17H,8-10H2. The first-order valence-electron chi connectivity index (χ1n) is 6.33. The first-order chi connectivity index (χ1) is 8.83. The van der Waals surface area contributed by atoms with E-state index in [2.05, 4.69) is 5.32 Å². The van der Waals surface area contributed by atoms with Gasteiger partial charge in [0.25, 0.3) is 0 Å². The van der Waals surface area contributed by atoms with E-state index in [0.29, 0.717) is 12.0 Å². The molecule has 0 atom stereocenters. The lowest BCUT2D eigenvalue weighted by Crippen LogP contribution is -2.39. The number of furan rings is 1. The molecule has 1 fully saturated rings. The predicted molar refractivity (Wildman–Crippen MR) is 67.7 cm³/mol. The van der Waals surface area contributed by atoms with Crippen molar-refractivity contribution in [3.05, 3.63) is 59.8 Å². The van der Waals surface area contributed by atoms with E-state index in [4.69, 9.17) is 4.42 Å². The Morgan fingerprint density at radius 2 is 2.00 bits per heavy atom. The van der Waals surface area contributed by atoms with Gasteiger partial charge in [0.2, 0.25) is 0 Å². The molecule has 3 heteroatoms. The lowest BCUT2D eigenvalue weighted by molar-refractivity contribution is 0.276. The van der Waals surface area contributed by atoms with Crippen LogP contribution in [-0.4, -0.2) is 6.04 Å². The van der Waals surface area contributed by atoms with Crippen molar-refractivity contribution >= 4 is 0 Å². The van der Waals surface area contributed by atoms with Gasteiger partial charge in [-0.15, -0.1) is 0 Å². The van der Waals surface area contributed by atoms with Crippen LogP contribution in [0.1, 0.15) is 30.1 Å². The third-order valence-electron chi connectivity index (χ3n) is 3.63. The maximum atomic E-state index is 13.6. The van der Waals surface area contributed by atoms with Crippen LogP contribution in [0.2, 0.25) is 0 Å². The SMILES string of the molecule is Fc1ccccc1C1CC(NCc2ccco2)C1. The molecule has 0 unspecified atom stereocenters. The molecule has 0 saturated heterocycles. The monoisotopic (exact) mass is 245 g/mol. The van der Waals surface area contributed by atoms with Crippen LogP contribution in [0.15, 0.2) is 47.1 Å². The summed E-state index contributed by atoms with van der Waals surface area (Å²) in [6, 6.07) is 11.4. The molecule has 1 aromatic carbocycles. The van der Waals surface area contributed by atoms with E-state index in [0.717, 1.165) is 30.7 Å². The van der Waals surface area contributed by atoms with Crippen molar-refractivity contribution < 1.29 is 8.81 Å². The van der Waals surface area contributed by atoms with Crippen molar-refractivity contribution in [3.8, 4) is 0 Å². The molecule has 0 amide bonds. The summed E-state index contributed by atoms with van der Waals surface area (Å²) < 4.78 is 18.8. The van der Waals surface area contributed by atoms with Gasteiger partial charge in [-0.3, -0.25) is 0 Å². The highest BCUT2D eigenvalue weighted by Crippen LogP contribution is 2.38. The van der Waals surface area contributed by atoms with E-state index >= 15 is 0 Å². The van der Waals surface area contributed by atoms with Crippen LogP contribution in [0.5, 0.6) is 0 Å². The van der Waals surface area contributed by atoms with Gasteiger partial charge in [0, 0.05) is 6.04 Å². The Balaban J connectivity index is 1.50. The summed E-state index contributed by atoms with van der Waals surface area (Å²) in [5.41, 5.74) is 0.855. The van der Waals surface area contributed by atoms with E-state index in [1.807, 2.05) is 24.3 Å². The molecule has 1 aliphatic rings. The number of nitrogens with one attached hydrogen (secondary N) is 1. The lowest BCUT2D eigenvalue weighted by atomic mass is 9.75. The minimum Gasteiger partial charge on any atom is -0.468 e. The van der Waals surface area contributed by atoms with E-state index in [9.17, 15) is 4.39 Å². The van der Waals surface area contributed by atoms with Gasteiger partial charge in [-0.2, -0.15) is 0 Å². The highest BCUT2D eigenvalue weighted by molar-refractivity contribution is 5.24. The van der Waals surface area contributed by atoms with Crippen LogP contribution in [-0.2, 0) is 6.54 Å². The minimum absolute atomic E-state index is 0.0769. The topological polar surface area (TPSA) is 25.2 Å². The summed E-state index contributed by atoms with van der Waals surface area (Å²) >= 11 is 0. The summed E-state index contributed by atoms with van der Waals surface area (Å²) in [6.45, 7) is 0.752. The van der Waals surface area contributed by atoms with Gasteiger partial charge < -0.3 is 9.73 Å². The van der Waals surface area contributed by atoms with Crippen molar-refractivity contribution in [2.75, 3.05) is 0 Å². The third-order valence-corrected chi connectivity index (χ3v) is 3.63. The molecule has 2 nitrogen and oxygen atoms in total. The molecule has 1 N–H and O–H groups in total. The largest absolute Gasteiger partial charge is 0.468 e. The van der Waals surface area contributed by atoms with E-state index in [1.54, 1.807) is 18.4 Å². The van der Waals surface area contributed by atoms with E-state index in [1.165, 1.54) is 0 Å². The summed E-state index contributed by atoms with van der Waals surface area (Å²) in [7, 11) is 0. The second-order valence-corrected chi connectivity index (χ2v) is 4.85. The van der Waals surface area contributed by atoms with Gasteiger partial charge >= 0.3 is 0 Å². The van der Waals surface area contributed by atoms with Crippen LogP contribution in [0.4, 0.5) is 4.39 Å². The van der Waals surface area contributed by atoms with Crippen molar-refractivity contribution in [1.82, 2.24) is 5.32 Å². The van der Waals surface area contributed by atoms with Gasteiger partial charge in [-0.25, -0.2) is 4.39 Å². The number of hydrogen-bond acceptors (Lipinski definition) is 2. The molecule has 1 aromatic heterocycles. The summed E-state index contributed by atoms with van der Waals surface area (Å²) in [6.07, 6.45) is 3.68. The molecule has 94 valence electrons. The van der Waals surface area contributed by atoms with Crippen molar-refractivity contribution in [1.29, 1.82) is 0 Å². The molecular weight excluding hydrogens is 229 g/mol. The van der Waals surface area contributed by atoms with Gasteiger partial charge in [-0.05, 0) is 42.5 Å². The van der Waals surface area contributed by atoms with Gasteiger partial charge in [-0.1, -0.05) is 18.2 Å². The molecule has 18 heavy (non-hydrogen) atoms. The Morgan fingerprint density at radius 3 is 2.72 bits per heavy atom. The lowest BCUT2D eigenvalue weighted by Gasteiger charge is -2.36. The zero-order valence-corrected chi connectivity index (χ0v) is 10.1. The van der Waals surface area contributed by atoms with Gasteiger partial charge in [0.1, 0.15) is 11.6 Å². The van der Waals surface area contributed by atoms with Crippen LogP contribution < -0.4 is 5.32 Å². The Labute approximate surface area is 106 Å². The fourth-order valence-electron chi connectivity index (χ4n) is 2.50. The second kappa shape index (κ2) is 4.94. The normalized spacial score (nSPS) is 22.7. The Hall–Kier alpha value is -1.61. The first kappa shape index (κ1) is 11.5. The van der Waals surface area contributed by atoms with Crippen molar-refractivity contribution in [2.45, 2.75) is 31.3 Å². The zero-order valence-electron chi connectivity index (χ0n) is 10.1. The fraction of sp³-hybridized carbons (Fsp3) is 0.333. The van der Waals surface area contributed by atoms with Crippen LogP contribution >= 0.6 is 0 Å². The average Bonchev–Trinajstić information content (AvgIpc) is 2.82. The molecule has 0 radical (unpaired) electrons. The minimum atomic E-state index is -0.0769. The maximum Gasteiger partial charge on any atom is 0.126 e. The van der Waals surface area contributed by atoms with E-state index < -0.39 is 0 Å². The molecule has 2 aromatic rings. The molecule has 0 bridgehead atoms. The molecule has 0 aliphatic heterocycles. The zero-order chi connectivity index (χ0) is 12.4. The molecule has 3 rings (SSSR count). The van der Waals surface area contributed by atoms with Crippen LogP contribution in [0.25, 0.3) is 0 Å². The van der Waals surface area contributed by atoms with Gasteiger partial charge in [0.15, 0.2) is 0 Å². The molecule has 0 spiro atoms. The average molecular weight is 245 g/mol. The fourth-order valence-corrected chi connectivity index (χ4v) is 2.50. The predicted octanol–water partition coefficient (Wildman–Crippen LogP) is 3.45. The first-order valence-corrected chi connectivity index (χ1v) is 6.33. The van der Waals surface area contributed by atoms with Crippen molar-refractivity contribution in [3.63, 3.8) is 0 Å². The summed E-state index contributed by atoms with van der Waals surface area (Å²) in [4.78, 5) is 0. The number of halogens is 1. The van der Waals surface area contributed by atoms with Crippen LogP contribution in [0, 0.1) is 5.82 Å². The number of benzene rings is 1. The van der Waals surface area contributed by atoms with E-state index in [-0.39, 0.29) is 5.82 Å². The highest BCUT2D eigenvalue weighted by Gasteiger charge is 2.31. The summed E-state index contributed by atoms with van der Waals surface area (Å²) in [5, 5.41) is 3.42. The number of rotatable bonds is 4. The molecular formula is C15H16FNO. The highest BCUT2D eigenvalue weighted by atomic mass is 19.1. The Morgan fingerprint density at radius 1 is 1.17 bits per heavy atom. The molecule has 1 aliphatic carbocycles. The molecule has 1 saturated carbocycles. The maximum absolute atomic E-state index is 13.6.